The Balaban J connectivity index is 1.46. The van der Waals surface area contributed by atoms with Crippen molar-refractivity contribution in [3.8, 4) is 17.4 Å². The molecule has 0 aliphatic carbocycles. The van der Waals surface area contributed by atoms with E-state index in [4.69, 9.17) is 25.8 Å². The summed E-state index contributed by atoms with van der Waals surface area (Å²) in [5.41, 5.74) is 1.56. The van der Waals surface area contributed by atoms with E-state index in [9.17, 15) is 8.42 Å². The maximum atomic E-state index is 15.2. The maximum absolute atomic E-state index is 15.2. The van der Waals surface area contributed by atoms with Crippen molar-refractivity contribution in [1.82, 2.24) is 25.2 Å². The van der Waals surface area contributed by atoms with Crippen molar-refractivity contribution in [1.29, 1.82) is 0 Å². The van der Waals surface area contributed by atoms with Crippen molar-refractivity contribution in [3.05, 3.63) is 70.4 Å². The number of nitrogens with zero attached hydrogens (tertiary/aromatic N) is 5. The van der Waals surface area contributed by atoms with Gasteiger partial charge < -0.3 is 19.1 Å². The van der Waals surface area contributed by atoms with Crippen LogP contribution in [0.25, 0.3) is 0 Å². The van der Waals surface area contributed by atoms with E-state index in [-0.39, 0.29) is 45.0 Å². The number of anilines is 1. The quantitative estimate of drug-likeness (QED) is 0.309. The number of piperidine rings is 1. The molecule has 2 fully saturated rings. The largest absolute Gasteiger partial charge is 0.497 e. The highest BCUT2D eigenvalue weighted by molar-refractivity contribution is 7.93. The Morgan fingerprint density at radius 2 is 1.72 bits per heavy atom. The van der Waals surface area contributed by atoms with Gasteiger partial charge in [-0.3, -0.25) is 19.9 Å². The Hall–Kier alpha value is -3.95. The van der Waals surface area contributed by atoms with Crippen LogP contribution in [0.15, 0.2) is 53.6 Å². The lowest BCUT2D eigenvalue weighted by Crippen LogP contribution is -2.61. The molecule has 50 heavy (non-hydrogen) atoms. The molecule has 2 amide bonds. The van der Waals surface area contributed by atoms with Crippen LogP contribution < -0.4 is 23.9 Å². The van der Waals surface area contributed by atoms with Gasteiger partial charge in [-0.2, -0.15) is 0 Å². The zero-order valence-corrected chi connectivity index (χ0v) is 30.5. The highest BCUT2D eigenvalue weighted by atomic mass is 35.5. The number of hydrazine groups is 1. The van der Waals surface area contributed by atoms with E-state index in [2.05, 4.69) is 27.3 Å². The Morgan fingerprint density at radius 1 is 1.00 bits per heavy atom. The molecular weight excluding hydrogens is 684 g/mol. The Kier molecular flexibility index (Phi) is 10.3. The van der Waals surface area contributed by atoms with Gasteiger partial charge >= 0.3 is 0 Å². The summed E-state index contributed by atoms with van der Waals surface area (Å²) in [5, 5.41) is 2.00. The van der Waals surface area contributed by atoms with Crippen molar-refractivity contribution < 1.29 is 32.2 Å². The molecule has 0 radical (unpaired) electrons. The third-order valence-corrected chi connectivity index (χ3v) is 11.7. The second-order valence-electron chi connectivity index (χ2n) is 12.8. The summed E-state index contributed by atoms with van der Waals surface area (Å²) >= 11 is 6.56. The summed E-state index contributed by atoms with van der Waals surface area (Å²) in [4.78, 5) is 39.2. The van der Waals surface area contributed by atoms with E-state index in [1.54, 1.807) is 31.1 Å². The number of benzene rings is 2. The number of methoxy groups -OCH3 is 2. The fourth-order valence-electron chi connectivity index (χ4n) is 7.15. The fraction of sp³-hybridized carbons (Fsp3) is 0.457. The number of fused-ring (bicyclic) bond motifs is 1. The van der Waals surface area contributed by atoms with Crippen LogP contribution in [0.2, 0.25) is 5.02 Å². The lowest BCUT2D eigenvalue weighted by atomic mass is 9.74. The molecule has 0 saturated carbocycles. The number of likely N-dealkylation sites (tertiary alicyclic amines) is 1. The van der Waals surface area contributed by atoms with E-state index in [1.165, 1.54) is 50.6 Å². The van der Waals surface area contributed by atoms with Crippen LogP contribution >= 0.6 is 11.6 Å². The number of aromatic nitrogens is 1. The van der Waals surface area contributed by atoms with E-state index >= 15 is 9.59 Å². The topological polar surface area (TPSA) is 134 Å². The van der Waals surface area contributed by atoms with Gasteiger partial charge in [-0.05, 0) is 88.8 Å². The first-order chi connectivity index (χ1) is 23.9. The van der Waals surface area contributed by atoms with Crippen molar-refractivity contribution in [2.24, 2.45) is 0 Å². The Labute approximate surface area is 298 Å². The van der Waals surface area contributed by atoms with Gasteiger partial charge in [-0.15, -0.1) is 0 Å². The van der Waals surface area contributed by atoms with Crippen molar-refractivity contribution in [3.63, 3.8) is 0 Å². The molecule has 0 bridgehead atoms. The molecule has 2 saturated heterocycles. The van der Waals surface area contributed by atoms with Gasteiger partial charge in [0.25, 0.3) is 21.8 Å². The van der Waals surface area contributed by atoms with Gasteiger partial charge in [0.1, 0.15) is 16.4 Å². The number of pyridine rings is 1. The standard InChI is InChI=1S/C35H43ClN6O7S/c1-6-49-32-28(19-23(2)22-37-32)35(33(43)38-41-17-15-40(16-18-41)25-11-13-39(3)14-12-25)27-20-24(36)7-9-29(27)42(34(35)44)50(45,46)31-10-8-26(47-4)21-30(31)48-5/h7-10,19-22,25H,6,11-18H2,1-5H3,(H,38,43). The minimum atomic E-state index is -4.69. The normalized spacial score (nSPS) is 20.8. The first-order valence-electron chi connectivity index (χ1n) is 16.7. The van der Waals surface area contributed by atoms with Gasteiger partial charge in [0.15, 0.2) is 5.41 Å². The van der Waals surface area contributed by atoms with Gasteiger partial charge in [0.2, 0.25) is 5.88 Å². The minimum Gasteiger partial charge on any atom is -0.497 e. The van der Waals surface area contributed by atoms with Crippen molar-refractivity contribution >= 4 is 39.1 Å². The number of hydrogen-bond acceptors (Lipinski definition) is 11. The summed E-state index contributed by atoms with van der Waals surface area (Å²) in [5.74, 6) is -1.42. The number of amides is 2. The Morgan fingerprint density at radius 3 is 2.38 bits per heavy atom. The van der Waals surface area contributed by atoms with Gasteiger partial charge in [-0.25, -0.2) is 22.7 Å². The summed E-state index contributed by atoms with van der Waals surface area (Å²) < 4.78 is 46.6. The van der Waals surface area contributed by atoms with Gasteiger partial charge in [-0.1, -0.05) is 11.6 Å². The molecule has 4 heterocycles. The highest BCUT2D eigenvalue weighted by Gasteiger charge is 2.63. The number of nitrogens with one attached hydrogen (secondary N) is 1. The third-order valence-electron chi connectivity index (χ3n) is 9.77. The first-order valence-corrected chi connectivity index (χ1v) is 18.5. The summed E-state index contributed by atoms with van der Waals surface area (Å²) in [6.45, 7) is 8.29. The van der Waals surface area contributed by atoms with Gasteiger partial charge in [0, 0.05) is 60.6 Å². The molecule has 1 N–H and O–H groups in total. The molecule has 268 valence electrons. The zero-order chi connectivity index (χ0) is 35.8. The number of carbonyl (C=O) groups excluding carboxylic acids is 2. The predicted octanol–water partition coefficient (Wildman–Crippen LogP) is 3.22. The number of ether oxygens (including phenoxy) is 3. The second-order valence-corrected chi connectivity index (χ2v) is 15.0. The van der Waals surface area contributed by atoms with Gasteiger partial charge in [0.05, 0.1) is 26.5 Å². The fourth-order valence-corrected chi connectivity index (χ4v) is 8.93. The van der Waals surface area contributed by atoms with E-state index in [0.29, 0.717) is 34.7 Å². The van der Waals surface area contributed by atoms with E-state index in [1.807, 2.05) is 0 Å². The van der Waals surface area contributed by atoms with Crippen LogP contribution in [0.1, 0.15) is 36.5 Å². The molecule has 3 aliphatic heterocycles. The molecule has 3 aromatic rings. The van der Waals surface area contributed by atoms with Crippen LogP contribution in [0.5, 0.6) is 17.4 Å². The van der Waals surface area contributed by atoms with Crippen LogP contribution in [0, 0.1) is 6.92 Å². The smallest absolute Gasteiger partial charge is 0.274 e. The van der Waals surface area contributed by atoms with E-state index < -0.39 is 27.3 Å². The third kappa shape index (κ3) is 6.28. The molecule has 0 spiro atoms. The molecule has 2 aromatic carbocycles. The average molecular weight is 727 g/mol. The molecule has 1 atom stereocenters. The van der Waals surface area contributed by atoms with Crippen molar-refractivity contribution in [2.45, 2.75) is 43.0 Å². The number of aryl methyl sites for hydroxylation is 1. The number of piperazine rings is 1. The van der Waals surface area contributed by atoms with E-state index in [0.717, 1.165) is 39.0 Å². The first kappa shape index (κ1) is 35.9. The molecule has 1 unspecified atom stereocenters. The predicted molar refractivity (Wildman–Crippen MR) is 188 cm³/mol. The highest BCUT2D eigenvalue weighted by Crippen LogP contribution is 2.52. The zero-order valence-electron chi connectivity index (χ0n) is 28.9. The van der Waals surface area contributed by atoms with Crippen LogP contribution in [0.3, 0.4) is 0 Å². The van der Waals surface area contributed by atoms with Crippen LogP contribution in [-0.2, 0) is 25.0 Å². The second kappa shape index (κ2) is 14.3. The molecule has 3 aliphatic rings. The molecule has 1 aromatic heterocycles. The molecule has 13 nitrogen and oxygen atoms in total. The maximum Gasteiger partial charge on any atom is 0.274 e. The minimum absolute atomic E-state index is 0.0246. The number of hydrogen-bond donors (Lipinski definition) is 1. The number of halogens is 1. The molecule has 15 heteroatoms. The number of rotatable bonds is 10. The summed E-state index contributed by atoms with van der Waals surface area (Å²) in [7, 11) is 0.212. The summed E-state index contributed by atoms with van der Waals surface area (Å²) in [6, 6.07) is 10.7. The van der Waals surface area contributed by atoms with Crippen molar-refractivity contribution in [2.75, 3.05) is 71.4 Å². The number of sulfonamides is 1. The summed E-state index contributed by atoms with van der Waals surface area (Å²) in [6.07, 6.45) is 3.74. The monoisotopic (exact) mass is 726 g/mol. The van der Waals surface area contributed by atoms with Crippen LogP contribution in [-0.4, -0.2) is 113 Å². The average Bonchev–Trinajstić information content (AvgIpc) is 3.37. The Bertz CT molecular complexity index is 1880. The van der Waals surface area contributed by atoms with Crippen LogP contribution in [0.4, 0.5) is 5.69 Å². The molecule has 6 rings (SSSR count). The SMILES string of the molecule is CCOc1ncc(C)cc1C1(C(=O)NN2CCN(C3CCN(C)CC3)CC2)C(=O)N(S(=O)(=O)c2ccc(OC)cc2OC)c2ccc(Cl)cc21. The lowest BCUT2D eigenvalue weighted by Gasteiger charge is -2.42. The lowest BCUT2D eigenvalue weighted by molar-refractivity contribution is -0.137. The molecular formula is C35H43ClN6O7S. The number of carbonyl (C=O) groups is 2.